The molecule has 7 nitrogen and oxygen atoms in total. The second kappa shape index (κ2) is 8.56. The molecule has 0 saturated carbocycles. The van der Waals surface area contributed by atoms with Crippen molar-refractivity contribution in [2.45, 2.75) is 39.7 Å². The molecule has 0 aromatic carbocycles. The standard InChI is InChI=1S/C21H25N7/c1-13(2)15-8-21(28-25-12-15)27-20-6-5-18-19(26-20)7-16(10-24-18)17(9-22)11-23-14(3)4/h5-14,22-23H,1-4H3,(H,26,27,28)/b17-11+,22-9?. The van der Waals surface area contributed by atoms with Crippen LogP contribution in [0.1, 0.15) is 44.7 Å². The lowest BCUT2D eigenvalue weighted by Crippen LogP contribution is -2.16. The Morgan fingerprint density at radius 1 is 1.04 bits per heavy atom. The van der Waals surface area contributed by atoms with Crippen molar-refractivity contribution in [2.75, 3.05) is 5.32 Å². The zero-order valence-corrected chi connectivity index (χ0v) is 16.6. The first kappa shape index (κ1) is 19.4. The second-order valence-corrected chi connectivity index (χ2v) is 7.18. The maximum Gasteiger partial charge on any atom is 0.154 e. The van der Waals surface area contributed by atoms with Crippen molar-refractivity contribution in [1.82, 2.24) is 25.5 Å². The SMILES string of the molecule is CC(C)N/C=C(\C=N)c1cnc2ccc(Nc3cc(C(C)C)cnn3)nc2c1. The van der Waals surface area contributed by atoms with E-state index in [-0.39, 0.29) is 0 Å². The Labute approximate surface area is 164 Å². The van der Waals surface area contributed by atoms with Crippen LogP contribution in [0.5, 0.6) is 0 Å². The number of fused-ring (bicyclic) bond motifs is 1. The number of allylic oxidation sites excluding steroid dienone is 1. The van der Waals surface area contributed by atoms with Crippen LogP contribution in [0.2, 0.25) is 0 Å². The van der Waals surface area contributed by atoms with Crippen molar-refractivity contribution in [1.29, 1.82) is 5.41 Å². The molecule has 3 aromatic rings. The zero-order chi connectivity index (χ0) is 20.1. The topological polar surface area (TPSA) is 99.5 Å². The van der Waals surface area contributed by atoms with Crippen molar-refractivity contribution in [2.24, 2.45) is 0 Å². The molecule has 28 heavy (non-hydrogen) atoms. The summed E-state index contributed by atoms with van der Waals surface area (Å²) in [6, 6.07) is 7.98. The Kier molecular flexibility index (Phi) is 5.93. The Morgan fingerprint density at radius 2 is 1.86 bits per heavy atom. The van der Waals surface area contributed by atoms with Gasteiger partial charge in [0.15, 0.2) is 5.82 Å². The molecule has 144 valence electrons. The summed E-state index contributed by atoms with van der Waals surface area (Å²) in [7, 11) is 0. The van der Waals surface area contributed by atoms with Gasteiger partial charge in [0.2, 0.25) is 0 Å². The third-order valence-electron chi connectivity index (χ3n) is 4.20. The summed E-state index contributed by atoms with van der Waals surface area (Å²) >= 11 is 0. The van der Waals surface area contributed by atoms with Crippen LogP contribution in [0, 0.1) is 5.41 Å². The number of pyridine rings is 2. The van der Waals surface area contributed by atoms with Crippen LogP contribution in [0.15, 0.2) is 42.9 Å². The van der Waals surface area contributed by atoms with Crippen LogP contribution in [0.3, 0.4) is 0 Å². The average Bonchev–Trinajstić information content (AvgIpc) is 2.68. The van der Waals surface area contributed by atoms with E-state index >= 15 is 0 Å². The summed E-state index contributed by atoms with van der Waals surface area (Å²) in [5.74, 6) is 1.70. The third-order valence-corrected chi connectivity index (χ3v) is 4.20. The van der Waals surface area contributed by atoms with Crippen molar-refractivity contribution < 1.29 is 0 Å². The number of rotatable bonds is 7. The van der Waals surface area contributed by atoms with E-state index < -0.39 is 0 Å². The minimum Gasteiger partial charge on any atom is -0.388 e. The number of hydrogen-bond acceptors (Lipinski definition) is 7. The lowest BCUT2D eigenvalue weighted by molar-refractivity contribution is 0.704. The van der Waals surface area contributed by atoms with Crippen molar-refractivity contribution in [3.05, 3.63) is 54.0 Å². The van der Waals surface area contributed by atoms with Crippen molar-refractivity contribution in [3.8, 4) is 0 Å². The van der Waals surface area contributed by atoms with Gasteiger partial charge in [0.1, 0.15) is 5.82 Å². The lowest BCUT2D eigenvalue weighted by Gasteiger charge is -2.10. The van der Waals surface area contributed by atoms with Crippen LogP contribution in [-0.2, 0) is 0 Å². The van der Waals surface area contributed by atoms with E-state index in [4.69, 9.17) is 5.41 Å². The molecule has 0 aliphatic heterocycles. The van der Waals surface area contributed by atoms with Gasteiger partial charge in [0, 0.05) is 35.8 Å². The molecule has 0 aliphatic carbocycles. The Morgan fingerprint density at radius 3 is 2.57 bits per heavy atom. The smallest absolute Gasteiger partial charge is 0.154 e. The number of aromatic nitrogens is 4. The van der Waals surface area contributed by atoms with Gasteiger partial charge in [-0.1, -0.05) is 13.8 Å². The number of nitrogens with one attached hydrogen (secondary N) is 3. The molecular weight excluding hydrogens is 350 g/mol. The Balaban J connectivity index is 1.91. The molecule has 3 aromatic heterocycles. The van der Waals surface area contributed by atoms with Gasteiger partial charge in [-0.15, -0.1) is 5.10 Å². The van der Waals surface area contributed by atoms with E-state index in [1.54, 1.807) is 12.4 Å². The lowest BCUT2D eigenvalue weighted by atomic mass is 10.1. The van der Waals surface area contributed by atoms with Gasteiger partial charge in [-0.05, 0) is 49.6 Å². The van der Waals surface area contributed by atoms with Crippen molar-refractivity contribution >= 4 is 34.5 Å². The van der Waals surface area contributed by atoms with Gasteiger partial charge in [-0.3, -0.25) is 4.98 Å². The molecule has 0 atom stereocenters. The summed E-state index contributed by atoms with van der Waals surface area (Å²) in [6.45, 7) is 8.33. The highest BCUT2D eigenvalue weighted by Gasteiger charge is 2.07. The Hall–Kier alpha value is -3.35. The summed E-state index contributed by atoms with van der Waals surface area (Å²) in [5.41, 5.74) is 4.23. The summed E-state index contributed by atoms with van der Waals surface area (Å²) in [6.07, 6.45) is 6.67. The first-order valence-corrected chi connectivity index (χ1v) is 9.30. The molecule has 0 saturated heterocycles. The first-order chi connectivity index (χ1) is 13.5. The molecule has 3 rings (SSSR count). The molecule has 0 fully saturated rings. The normalized spacial score (nSPS) is 11.9. The van der Waals surface area contributed by atoms with E-state index in [2.05, 4.69) is 44.6 Å². The second-order valence-electron chi connectivity index (χ2n) is 7.18. The predicted octanol–water partition coefficient (Wildman–Crippen LogP) is 4.28. The molecule has 0 radical (unpaired) electrons. The summed E-state index contributed by atoms with van der Waals surface area (Å²) < 4.78 is 0. The van der Waals surface area contributed by atoms with E-state index in [9.17, 15) is 0 Å². The number of hydrogen-bond donors (Lipinski definition) is 3. The van der Waals surface area contributed by atoms with Gasteiger partial charge in [0.05, 0.1) is 17.2 Å². The van der Waals surface area contributed by atoms with Crippen LogP contribution in [0.25, 0.3) is 16.6 Å². The van der Waals surface area contributed by atoms with Crippen LogP contribution >= 0.6 is 0 Å². The predicted molar refractivity (Wildman–Crippen MR) is 114 cm³/mol. The zero-order valence-electron chi connectivity index (χ0n) is 16.6. The summed E-state index contributed by atoms with van der Waals surface area (Å²) in [5, 5.41) is 22.3. The highest BCUT2D eigenvalue weighted by Crippen LogP contribution is 2.21. The van der Waals surface area contributed by atoms with E-state index in [0.29, 0.717) is 23.6 Å². The maximum atomic E-state index is 7.69. The Bertz CT molecular complexity index is 1010. The third kappa shape index (κ3) is 4.68. The van der Waals surface area contributed by atoms with Crippen molar-refractivity contribution in [3.63, 3.8) is 0 Å². The summed E-state index contributed by atoms with van der Waals surface area (Å²) in [4.78, 5) is 9.13. The number of nitrogens with zero attached hydrogens (tertiary/aromatic N) is 4. The maximum absolute atomic E-state index is 7.69. The first-order valence-electron chi connectivity index (χ1n) is 9.30. The molecule has 0 unspecified atom stereocenters. The minimum atomic E-state index is 0.292. The number of anilines is 2. The highest BCUT2D eigenvalue weighted by molar-refractivity contribution is 6.08. The largest absolute Gasteiger partial charge is 0.388 e. The van der Waals surface area contributed by atoms with Gasteiger partial charge >= 0.3 is 0 Å². The molecule has 0 aliphatic rings. The monoisotopic (exact) mass is 375 g/mol. The van der Waals surface area contributed by atoms with Gasteiger partial charge in [-0.2, -0.15) is 5.10 Å². The van der Waals surface area contributed by atoms with E-state index in [1.807, 2.05) is 44.3 Å². The average molecular weight is 375 g/mol. The molecule has 0 amide bonds. The van der Waals surface area contributed by atoms with E-state index in [1.165, 1.54) is 6.21 Å². The fourth-order valence-corrected chi connectivity index (χ4v) is 2.59. The fraction of sp³-hybridized carbons (Fsp3) is 0.286. The molecule has 3 heterocycles. The molecule has 0 spiro atoms. The minimum absolute atomic E-state index is 0.292. The quantitative estimate of drug-likeness (QED) is 0.533. The van der Waals surface area contributed by atoms with Crippen LogP contribution in [-0.4, -0.2) is 32.4 Å². The molecule has 7 heteroatoms. The molecule has 3 N–H and O–H groups in total. The van der Waals surface area contributed by atoms with Crippen LogP contribution in [0.4, 0.5) is 11.6 Å². The fourth-order valence-electron chi connectivity index (χ4n) is 2.59. The van der Waals surface area contributed by atoms with Crippen LogP contribution < -0.4 is 10.6 Å². The van der Waals surface area contributed by atoms with Gasteiger partial charge in [-0.25, -0.2) is 4.98 Å². The van der Waals surface area contributed by atoms with Gasteiger partial charge in [0.25, 0.3) is 0 Å². The molecular formula is C21H25N7. The van der Waals surface area contributed by atoms with Gasteiger partial charge < -0.3 is 16.0 Å². The molecule has 0 bridgehead atoms. The highest BCUT2D eigenvalue weighted by atomic mass is 15.2. The van der Waals surface area contributed by atoms with E-state index in [0.717, 1.165) is 27.7 Å².